The molecule has 1 spiro atoms. The zero-order valence-corrected chi connectivity index (χ0v) is 11.9. The van der Waals surface area contributed by atoms with E-state index in [0.29, 0.717) is 24.6 Å². The highest BCUT2D eigenvalue weighted by atomic mass is 16.4. The van der Waals surface area contributed by atoms with Crippen LogP contribution in [0, 0.1) is 18.3 Å². The van der Waals surface area contributed by atoms with Crippen LogP contribution in [0.5, 0.6) is 0 Å². The van der Waals surface area contributed by atoms with E-state index >= 15 is 0 Å². The van der Waals surface area contributed by atoms with E-state index in [4.69, 9.17) is 5.11 Å². The molecular formula is C14H18N4O3. The molecule has 7 nitrogen and oxygen atoms in total. The lowest BCUT2D eigenvalue weighted by molar-refractivity contribution is -0.118. The van der Waals surface area contributed by atoms with Gasteiger partial charge in [0.05, 0.1) is 18.1 Å². The van der Waals surface area contributed by atoms with Crippen molar-refractivity contribution in [2.75, 3.05) is 18.4 Å². The first-order valence-corrected chi connectivity index (χ1v) is 7.08. The monoisotopic (exact) mass is 290 g/mol. The normalized spacial score (nSPS) is 22.9. The second kappa shape index (κ2) is 4.98. The van der Waals surface area contributed by atoms with Crippen molar-refractivity contribution < 1.29 is 14.7 Å². The number of hydrogen-bond acceptors (Lipinski definition) is 4. The van der Waals surface area contributed by atoms with Crippen LogP contribution in [0.4, 0.5) is 10.5 Å². The Labute approximate surface area is 122 Å². The van der Waals surface area contributed by atoms with Crippen LogP contribution in [0.25, 0.3) is 0 Å². The number of aryl methyl sites for hydroxylation is 1. The summed E-state index contributed by atoms with van der Waals surface area (Å²) in [6.07, 6.45) is 4.70. The Morgan fingerprint density at radius 1 is 1.33 bits per heavy atom. The van der Waals surface area contributed by atoms with E-state index in [1.807, 2.05) is 0 Å². The van der Waals surface area contributed by atoms with Gasteiger partial charge in [-0.05, 0) is 31.6 Å². The SMILES string of the molecule is Cc1ncc(NC(=O)C2CC23CCN(C(=O)O)CC3)cn1. The summed E-state index contributed by atoms with van der Waals surface area (Å²) < 4.78 is 0. The smallest absolute Gasteiger partial charge is 0.407 e. The molecule has 2 fully saturated rings. The highest BCUT2D eigenvalue weighted by molar-refractivity contribution is 5.94. The van der Waals surface area contributed by atoms with E-state index in [1.165, 1.54) is 4.90 Å². The van der Waals surface area contributed by atoms with Gasteiger partial charge in [-0.3, -0.25) is 4.79 Å². The molecular weight excluding hydrogens is 272 g/mol. The molecule has 0 radical (unpaired) electrons. The van der Waals surface area contributed by atoms with E-state index < -0.39 is 6.09 Å². The van der Waals surface area contributed by atoms with Crippen LogP contribution in [-0.2, 0) is 4.79 Å². The quantitative estimate of drug-likeness (QED) is 0.860. The first-order valence-electron chi connectivity index (χ1n) is 7.08. The van der Waals surface area contributed by atoms with Crippen LogP contribution >= 0.6 is 0 Å². The minimum Gasteiger partial charge on any atom is -0.465 e. The fourth-order valence-corrected chi connectivity index (χ4v) is 3.10. The van der Waals surface area contributed by atoms with Crippen molar-refractivity contribution >= 4 is 17.7 Å². The molecule has 2 N–H and O–H groups in total. The molecule has 0 bridgehead atoms. The maximum Gasteiger partial charge on any atom is 0.407 e. The number of amides is 2. The van der Waals surface area contributed by atoms with Gasteiger partial charge >= 0.3 is 6.09 Å². The molecule has 7 heteroatoms. The van der Waals surface area contributed by atoms with Gasteiger partial charge in [-0.15, -0.1) is 0 Å². The number of likely N-dealkylation sites (tertiary alicyclic amines) is 1. The van der Waals surface area contributed by atoms with Gasteiger partial charge in [0.1, 0.15) is 5.82 Å². The molecule has 21 heavy (non-hydrogen) atoms. The lowest BCUT2D eigenvalue weighted by Gasteiger charge is -2.30. The molecule has 1 saturated heterocycles. The standard InChI is InChI=1S/C14H18N4O3/c1-9-15-7-10(8-16-9)17-12(19)11-6-14(11)2-4-18(5-3-14)13(20)21/h7-8,11H,2-6H2,1H3,(H,17,19)(H,20,21). The predicted octanol–water partition coefficient (Wildman–Crippen LogP) is 1.50. The molecule has 1 aromatic rings. The summed E-state index contributed by atoms with van der Waals surface area (Å²) in [4.78, 5) is 32.7. The highest BCUT2D eigenvalue weighted by Gasteiger charge is 2.58. The number of nitrogens with one attached hydrogen (secondary N) is 1. The Kier molecular flexibility index (Phi) is 3.27. The molecule has 2 heterocycles. The molecule has 112 valence electrons. The summed E-state index contributed by atoms with van der Waals surface area (Å²) in [5.41, 5.74) is 0.609. The van der Waals surface area contributed by atoms with Gasteiger partial charge in [0.2, 0.25) is 5.91 Å². The average Bonchev–Trinajstić information content (AvgIpc) is 3.16. The van der Waals surface area contributed by atoms with Crippen molar-refractivity contribution in [1.29, 1.82) is 0 Å². The van der Waals surface area contributed by atoms with Crippen molar-refractivity contribution in [3.05, 3.63) is 18.2 Å². The van der Waals surface area contributed by atoms with Gasteiger partial charge < -0.3 is 15.3 Å². The second-order valence-electron chi connectivity index (χ2n) is 5.90. The number of carbonyl (C=O) groups excluding carboxylic acids is 1. The minimum atomic E-state index is -0.872. The van der Waals surface area contributed by atoms with Crippen LogP contribution in [0.15, 0.2) is 12.4 Å². The molecule has 2 aliphatic rings. The molecule has 3 rings (SSSR count). The lowest BCUT2D eigenvalue weighted by Crippen LogP contribution is -2.39. The largest absolute Gasteiger partial charge is 0.465 e. The van der Waals surface area contributed by atoms with Crippen molar-refractivity contribution in [3.8, 4) is 0 Å². The van der Waals surface area contributed by atoms with Crippen molar-refractivity contribution in [2.24, 2.45) is 11.3 Å². The molecule has 1 aromatic heterocycles. The maximum atomic E-state index is 12.3. The van der Waals surface area contributed by atoms with Crippen LogP contribution < -0.4 is 5.32 Å². The topological polar surface area (TPSA) is 95.4 Å². The molecule has 0 aromatic carbocycles. The van der Waals surface area contributed by atoms with E-state index in [9.17, 15) is 9.59 Å². The summed E-state index contributed by atoms with van der Waals surface area (Å²) in [6.45, 7) is 2.83. The first kappa shape index (κ1) is 13.8. The summed E-state index contributed by atoms with van der Waals surface area (Å²) in [7, 11) is 0. The molecule has 1 atom stereocenters. The number of nitrogens with zero attached hydrogens (tertiary/aromatic N) is 3. The Bertz CT molecular complexity index is 564. The van der Waals surface area contributed by atoms with Gasteiger partial charge in [-0.1, -0.05) is 0 Å². The summed E-state index contributed by atoms with van der Waals surface area (Å²) in [6, 6.07) is 0. The van der Waals surface area contributed by atoms with Crippen LogP contribution in [0.2, 0.25) is 0 Å². The lowest BCUT2D eigenvalue weighted by atomic mass is 9.91. The van der Waals surface area contributed by atoms with Crippen LogP contribution in [-0.4, -0.2) is 45.1 Å². The zero-order valence-electron chi connectivity index (χ0n) is 11.9. The number of aromatic nitrogens is 2. The Hall–Kier alpha value is -2.18. The van der Waals surface area contributed by atoms with Crippen molar-refractivity contribution in [1.82, 2.24) is 14.9 Å². The molecule has 1 unspecified atom stereocenters. The fourth-order valence-electron chi connectivity index (χ4n) is 3.10. The summed E-state index contributed by atoms with van der Waals surface area (Å²) in [5.74, 6) is 0.637. The zero-order chi connectivity index (χ0) is 15.0. The number of anilines is 1. The minimum absolute atomic E-state index is 0.00157. The molecule has 1 saturated carbocycles. The van der Waals surface area contributed by atoms with Gasteiger partial charge in [0.25, 0.3) is 0 Å². The Morgan fingerprint density at radius 3 is 2.52 bits per heavy atom. The van der Waals surface area contributed by atoms with Gasteiger partial charge in [0.15, 0.2) is 0 Å². The number of carbonyl (C=O) groups is 2. The molecule has 2 amide bonds. The molecule has 1 aliphatic carbocycles. The fraction of sp³-hybridized carbons (Fsp3) is 0.571. The van der Waals surface area contributed by atoms with Gasteiger partial charge in [-0.2, -0.15) is 0 Å². The number of hydrogen-bond donors (Lipinski definition) is 2. The first-order chi connectivity index (χ1) is 10.00. The Balaban J connectivity index is 1.56. The van der Waals surface area contributed by atoms with E-state index in [0.717, 1.165) is 19.3 Å². The van der Waals surface area contributed by atoms with Crippen molar-refractivity contribution in [3.63, 3.8) is 0 Å². The van der Waals surface area contributed by atoms with Gasteiger partial charge in [0, 0.05) is 19.0 Å². The Morgan fingerprint density at radius 2 is 1.95 bits per heavy atom. The predicted molar refractivity (Wildman–Crippen MR) is 74.8 cm³/mol. The van der Waals surface area contributed by atoms with Crippen LogP contribution in [0.3, 0.4) is 0 Å². The van der Waals surface area contributed by atoms with E-state index in [1.54, 1.807) is 19.3 Å². The number of piperidine rings is 1. The van der Waals surface area contributed by atoms with E-state index in [-0.39, 0.29) is 17.2 Å². The number of carboxylic acid groups (broad SMARTS) is 1. The highest BCUT2D eigenvalue weighted by Crippen LogP contribution is 2.59. The third-order valence-electron chi connectivity index (χ3n) is 4.58. The van der Waals surface area contributed by atoms with Crippen LogP contribution in [0.1, 0.15) is 25.1 Å². The van der Waals surface area contributed by atoms with Gasteiger partial charge in [-0.25, -0.2) is 14.8 Å². The third-order valence-corrected chi connectivity index (χ3v) is 4.58. The summed E-state index contributed by atoms with van der Waals surface area (Å²) in [5, 5.41) is 11.8. The van der Waals surface area contributed by atoms with E-state index in [2.05, 4.69) is 15.3 Å². The number of rotatable bonds is 2. The maximum absolute atomic E-state index is 12.3. The third kappa shape index (κ3) is 2.68. The average molecular weight is 290 g/mol. The second-order valence-corrected chi connectivity index (χ2v) is 5.90. The summed E-state index contributed by atoms with van der Waals surface area (Å²) >= 11 is 0. The molecule has 1 aliphatic heterocycles. The van der Waals surface area contributed by atoms with Crippen molar-refractivity contribution in [2.45, 2.75) is 26.2 Å².